The fraction of sp³-hybridized carbons (Fsp3) is 0.154. The lowest BCUT2D eigenvalue weighted by molar-refractivity contribution is -0.137. The molecule has 2 nitrogen and oxygen atoms in total. The van der Waals surface area contributed by atoms with Gasteiger partial charge in [-0.1, -0.05) is 23.7 Å². The molecule has 0 saturated carbocycles. The monoisotopic (exact) mass is 287 g/mol. The largest absolute Gasteiger partial charge is 0.417 e. The van der Waals surface area contributed by atoms with Crippen LogP contribution in [0.15, 0.2) is 42.6 Å². The molecular formula is C13H9ClF3NO. The van der Waals surface area contributed by atoms with Gasteiger partial charge in [0.15, 0.2) is 0 Å². The van der Waals surface area contributed by atoms with E-state index in [1.165, 1.54) is 6.07 Å². The zero-order valence-corrected chi connectivity index (χ0v) is 10.3. The first-order valence-corrected chi connectivity index (χ1v) is 5.72. The smallest absolute Gasteiger partial charge is 0.382 e. The van der Waals surface area contributed by atoms with Crippen molar-refractivity contribution in [2.24, 2.45) is 0 Å². The van der Waals surface area contributed by atoms with Crippen LogP contribution in [0, 0.1) is 0 Å². The van der Waals surface area contributed by atoms with Crippen molar-refractivity contribution < 1.29 is 18.3 Å². The Morgan fingerprint density at radius 3 is 2.42 bits per heavy atom. The molecular weight excluding hydrogens is 279 g/mol. The van der Waals surface area contributed by atoms with Crippen molar-refractivity contribution in [1.82, 2.24) is 4.98 Å². The number of alkyl halides is 3. The van der Waals surface area contributed by atoms with Gasteiger partial charge in [0.25, 0.3) is 0 Å². The number of nitrogens with zero attached hydrogens (tertiary/aromatic N) is 1. The normalized spacial score (nSPS) is 13.3. The van der Waals surface area contributed by atoms with Crippen molar-refractivity contribution in [1.29, 1.82) is 0 Å². The maximum Gasteiger partial charge on any atom is 0.417 e. The average Bonchev–Trinajstić information content (AvgIpc) is 2.37. The fourth-order valence-electron chi connectivity index (χ4n) is 1.58. The fourth-order valence-corrected chi connectivity index (χ4v) is 1.78. The van der Waals surface area contributed by atoms with Crippen LogP contribution in [-0.4, -0.2) is 10.1 Å². The van der Waals surface area contributed by atoms with Gasteiger partial charge in [0.1, 0.15) is 6.10 Å². The highest BCUT2D eigenvalue weighted by molar-refractivity contribution is 6.30. The van der Waals surface area contributed by atoms with Crippen LogP contribution in [0.5, 0.6) is 0 Å². The van der Waals surface area contributed by atoms with E-state index >= 15 is 0 Å². The Kier molecular flexibility index (Phi) is 3.78. The van der Waals surface area contributed by atoms with E-state index in [4.69, 9.17) is 11.6 Å². The van der Waals surface area contributed by atoms with E-state index in [0.29, 0.717) is 16.8 Å². The lowest BCUT2D eigenvalue weighted by Crippen LogP contribution is -2.08. The molecule has 6 heteroatoms. The van der Waals surface area contributed by atoms with Crippen LogP contribution in [0.25, 0.3) is 0 Å². The van der Waals surface area contributed by atoms with Crippen LogP contribution < -0.4 is 0 Å². The molecule has 1 unspecified atom stereocenters. The van der Waals surface area contributed by atoms with E-state index in [9.17, 15) is 18.3 Å². The summed E-state index contributed by atoms with van der Waals surface area (Å²) in [5, 5.41) is 10.4. The number of aromatic nitrogens is 1. The zero-order valence-electron chi connectivity index (χ0n) is 9.53. The first-order valence-electron chi connectivity index (χ1n) is 5.34. The molecule has 1 atom stereocenters. The van der Waals surface area contributed by atoms with Crippen LogP contribution in [0.1, 0.15) is 22.9 Å². The third-order valence-corrected chi connectivity index (χ3v) is 2.79. The van der Waals surface area contributed by atoms with Crippen LogP contribution in [-0.2, 0) is 6.18 Å². The Labute approximate surface area is 112 Å². The van der Waals surface area contributed by atoms with Gasteiger partial charge in [0.2, 0.25) is 0 Å². The minimum Gasteiger partial charge on any atom is -0.382 e. The first-order chi connectivity index (χ1) is 8.88. The third-order valence-electron chi connectivity index (χ3n) is 2.56. The van der Waals surface area contributed by atoms with Crippen molar-refractivity contribution >= 4 is 11.6 Å². The molecule has 1 aromatic carbocycles. The average molecular weight is 288 g/mol. The second-order valence-electron chi connectivity index (χ2n) is 3.93. The summed E-state index contributed by atoms with van der Waals surface area (Å²) >= 11 is 5.78. The predicted molar refractivity (Wildman–Crippen MR) is 64.8 cm³/mol. The molecule has 0 aliphatic heterocycles. The minimum atomic E-state index is -4.44. The molecule has 0 aliphatic carbocycles. The summed E-state index contributed by atoms with van der Waals surface area (Å²) in [5.74, 6) is 0. The SMILES string of the molecule is OC(c1cccc(Cl)c1)c1ccc(C(F)(F)F)cn1. The number of hydrogen-bond donors (Lipinski definition) is 1. The Hall–Kier alpha value is -1.59. The van der Waals surface area contributed by atoms with Gasteiger partial charge >= 0.3 is 6.18 Å². The Morgan fingerprint density at radius 2 is 1.89 bits per heavy atom. The highest BCUT2D eigenvalue weighted by Gasteiger charge is 2.30. The van der Waals surface area contributed by atoms with Gasteiger partial charge < -0.3 is 5.11 Å². The van der Waals surface area contributed by atoms with Gasteiger partial charge in [-0.25, -0.2) is 0 Å². The molecule has 0 fully saturated rings. The van der Waals surface area contributed by atoms with Crippen LogP contribution in [0.2, 0.25) is 5.02 Å². The zero-order chi connectivity index (χ0) is 14.0. The van der Waals surface area contributed by atoms with Crippen molar-refractivity contribution in [3.05, 3.63) is 64.4 Å². The quantitative estimate of drug-likeness (QED) is 0.910. The molecule has 1 aromatic heterocycles. The van der Waals surface area contributed by atoms with Crippen molar-refractivity contribution in [3.8, 4) is 0 Å². The van der Waals surface area contributed by atoms with Crippen molar-refractivity contribution in [3.63, 3.8) is 0 Å². The summed E-state index contributed by atoms with van der Waals surface area (Å²) in [6, 6.07) is 8.47. The van der Waals surface area contributed by atoms with Gasteiger partial charge in [0, 0.05) is 11.2 Å². The molecule has 0 spiro atoms. The van der Waals surface area contributed by atoms with Crippen molar-refractivity contribution in [2.45, 2.75) is 12.3 Å². The third kappa shape index (κ3) is 3.24. The van der Waals surface area contributed by atoms with Gasteiger partial charge in [0.05, 0.1) is 11.3 Å². The molecule has 19 heavy (non-hydrogen) atoms. The lowest BCUT2D eigenvalue weighted by Gasteiger charge is -2.12. The number of aliphatic hydroxyl groups is 1. The summed E-state index contributed by atoms with van der Waals surface area (Å²) < 4.78 is 37.1. The molecule has 0 saturated heterocycles. The Morgan fingerprint density at radius 1 is 1.16 bits per heavy atom. The molecule has 2 aromatic rings. The molecule has 0 amide bonds. The van der Waals surface area contributed by atoms with E-state index in [0.717, 1.165) is 12.1 Å². The number of rotatable bonds is 2. The minimum absolute atomic E-state index is 0.135. The molecule has 0 radical (unpaired) electrons. The van der Waals surface area contributed by atoms with E-state index in [1.54, 1.807) is 18.2 Å². The highest BCUT2D eigenvalue weighted by Crippen LogP contribution is 2.30. The lowest BCUT2D eigenvalue weighted by atomic mass is 10.1. The number of benzene rings is 1. The first kappa shape index (κ1) is 13.8. The van der Waals surface area contributed by atoms with Crippen LogP contribution in [0.3, 0.4) is 0 Å². The van der Waals surface area contributed by atoms with Gasteiger partial charge in [-0.05, 0) is 29.8 Å². The van der Waals surface area contributed by atoms with Gasteiger partial charge in [-0.2, -0.15) is 13.2 Å². The summed E-state index contributed by atoms with van der Waals surface area (Å²) in [5.41, 5.74) is -0.246. The van der Waals surface area contributed by atoms with Crippen LogP contribution >= 0.6 is 11.6 Å². The van der Waals surface area contributed by atoms with E-state index in [1.807, 2.05) is 0 Å². The molecule has 0 bridgehead atoms. The summed E-state index contributed by atoms with van der Waals surface area (Å²) in [7, 11) is 0. The van der Waals surface area contributed by atoms with E-state index in [-0.39, 0.29) is 5.69 Å². The van der Waals surface area contributed by atoms with Gasteiger partial charge in [-0.15, -0.1) is 0 Å². The van der Waals surface area contributed by atoms with Crippen molar-refractivity contribution in [2.75, 3.05) is 0 Å². The molecule has 1 heterocycles. The number of halogens is 4. The summed E-state index contributed by atoms with van der Waals surface area (Å²) in [6.07, 6.45) is -4.85. The van der Waals surface area contributed by atoms with E-state index in [2.05, 4.69) is 4.98 Å². The summed E-state index contributed by atoms with van der Waals surface area (Å²) in [4.78, 5) is 3.64. The maximum absolute atomic E-state index is 12.4. The molecule has 0 aliphatic rings. The Balaban J connectivity index is 2.27. The maximum atomic E-state index is 12.4. The van der Waals surface area contributed by atoms with Gasteiger partial charge in [-0.3, -0.25) is 4.98 Å². The topological polar surface area (TPSA) is 33.1 Å². The molecule has 1 N–H and O–H groups in total. The Bertz CT molecular complexity index is 569. The van der Waals surface area contributed by atoms with Crippen LogP contribution in [0.4, 0.5) is 13.2 Å². The second kappa shape index (κ2) is 5.19. The second-order valence-corrected chi connectivity index (χ2v) is 4.36. The highest BCUT2D eigenvalue weighted by atomic mass is 35.5. The number of aliphatic hydroxyl groups excluding tert-OH is 1. The number of hydrogen-bond acceptors (Lipinski definition) is 2. The van der Waals surface area contributed by atoms with E-state index < -0.39 is 17.8 Å². The standard InChI is InChI=1S/C13H9ClF3NO/c14-10-3-1-2-8(6-10)12(19)11-5-4-9(7-18-11)13(15,16)17/h1-7,12,19H. The molecule has 100 valence electrons. The summed E-state index contributed by atoms with van der Waals surface area (Å²) in [6.45, 7) is 0. The predicted octanol–water partition coefficient (Wildman–Crippen LogP) is 3.84. The molecule has 2 rings (SSSR count). The number of pyridine rings is 1.